The van der Waals surface area contributed by atoms with Crippen LogP contribution in [-0.2, 0) is 26.2 Å². The molecule has 1 unspecified atom stereocenters. The molecule has 0 fully saturated rings. The van der Waals surface area contributed by atoms with E-state index in [-0.39, 0.29) is 17.3 Å². The Morgan fingerprint density at radius 3 is 2.00 bits per heavy atom. The molecule has 3 aromatic carbocycles. The first kappa shape index (κ1) is 26.9. The number of carbonyl (C=O) groups is 2. The van der Waals surface area contributed by atoms with Crippen LogP contribution in [0.25, 0.3) is 0 Å². The van der Waals surface area contributed by atoms with Crippen LogP contribution in [0.15, 0.2) is 77.7 Å². The SMILES string of the molecule is CNC(=O)C(C)N(Cc1ccccc1)C(=O)CN(c1cc(C)cc(C)c1)S(=O)(=O)c1ccc(C)cc1. The Kier molecular flexibility index (Phi) is 8.53. The first-order valence-corrected chi connectivity index (χ1v) is 13.2. The summed E-state index contributed by atoms with van der Waals surface area (Å²) in [6.45, 7) is 6.99. The van der Waals surface area contributed by atoms with Gasteiger partial charge in [0.2, 0.25) is 11.8 Å². The third kappa shape index (κ3) is 6.31. The maximum absolute atomic E-state index is 13.8. The van der Waals surface area contributed by atoms with Gasteiger partial charge in [0, 0.05) is 13.6 Å². The lowest BCUT2D eigenvalue weighted by Crippen LogP contribution is -2.50. The zero-order valence-corrected chi connectivity index (χ0v) is 22.2. The molecule has 1 atom stereocenters. The van der Waals surface area contributed by atoms with Gasteiger partial charge in [0.05, 0.1) is 10.6 Å². The van der Waals surface area contributed by atoms with Gasteiger partial charge in [0.25, 0.3) is 10.0 Å². The predicted octanol–water partition coefficient (Wildman–Crippen LogP) is 3.97. The first-order valence-electron chi connectivity index (χ1n) is 11.8. The molecule has 3 aromatic rings. The fourth-order valence-electron chi connectivity index (χ4n) is 4.03. The minimum atomic E-state index is -4.07. The van der Waals surface area contributed by atoms with Gasteiger partial charge in [-0.2, -0.15) is 0 Å². The number of carbonyl (C=O) groups excluding carboxylic acids is 2. The molecule has 0 saturated heterocycles. The van der Waals surface area contributed by atoms with Gasteiger partial charge in [0.1, 0.15) is 12.6 Å². The number of likely N-dealkylation sites (N-methyl/N-ethyl adjacent to an activating group) is 1. The second kappa shape index (κ2) is 11.4. The molecule has 1 N–H and O–H groups in total. The van der Waals surface area contributed by atoms with Crippen molar-refractivity contribution in [2.75, 3.05) is 17.9 Å². The lowest BCUT2D eigenvalue weighted by atomic mass is 10.1. The third-order valence-corrected chi connectivity index (χ3v) is 7.78. The van der Waals surface area contributed by atoms with Crippen LogP contribution in [0.2, 0.25) is 0 Å². The Morgan fingerprint density at radius 1 is 0.861 bits per heavy atom. The minimum absolute atomic E-state index is 0.0917. The number of sulfonamides is 1. The van der Waals surface area contributed by atoms with Gasteiger partial charge in [0.15, 0.2) is 0 Å². The van der Waals surface area contributed by atoms with E-state index in [0.29, 0.717) is 5.69 Å². The summed E-state index contributed by atoms with van der Waals surface area (Å²) in [6.07, 6.45) is 0. The van der Waals surface area contributed by atoms with Gasteiger partial charge in [-0.15, -0.1) is 0 Å². The van der Waals surface area contributed by atoms with Crippen LogP contribution in [0, 0.1) is 20.8 Å². The standard InChI is InChI=1S/C28H33N3O4S/c1-20-11-13-26(14-12-20)36(34,35)31(25-16-21(2)15-22(3)17-25)19-27(32)30(23(4)28(33)29-5)18-24-9-7-6-8-10-24/h6-17,23H,18-19H2,1-5H3,(H,29,33). The molecule has 0 saturated carbocycles. The number of hydrogen-bond donors (Lipinski definition) is 1. The van der Waals surface area contributed by atoms with Gasteiger partial charge in [-0.3, -0.25) is 13.9 Å². The van der Waals surface area contributed by atoms with Crippen LogP contribution in [0.5, 0.6) is 0 Å². The van der Waals surface area contributed by atoms with Crippen molar-refractivity contribution in [3.05, 3.63) is 95.1 Å². The average Bonchev–Trinajstić information content (AvgIpc) is 2.85. The monoisotopic (exact) mass is 507 g/mol. The summed E-state index contributed by atoms with van der Waals surface area (Å²) >= 11 is 0. The summed E-state index contributed by atoms with van der Waals surface area (Å²) in [7, 11) is -2.56. The molecule has 7 nitrogen and oxygen atoms in total. The molecular formula is C28H33N3O4S. The molecule has 0 spiro atoms. The van der Waals surface area contributed by atoms with Crippen LogP contribution in [0.1, 0.15) is 29.2 Å². The molecule has 0 heterocycles. The lowest BCUT2D eigenvalue weighted by molar-refractivity contribution is -0.139. The van der Waals surface area contributed by atoms with Crippen molar-refractivity contribution in [2.24, 2.45) is 0 Å². The molecule has 0 aliphatic heterocycles. The van der Waals surface area contributed by atoms with Crippen LogP contribution < -0.4 is 9.62 Å². The second-order valence-corrected chi connectivity index (χ2v) is 10.8. The lowest BCUT2D eigenvalue weighted by Gasteiger charge is -2.32. The van der Waals surface area contributed by atoms with Gasteiger partial charge in [-0.25, -0.2) is 8.42 Å². The van der Waals surface area contributed by atoms with E-state index in [1.807, 2.05) is 57.2 Å². The summed E-state index contributed by atoms with van der Waals surface area (Å²) in [5.74, 6) is -0.816. The van der Waals surface area contributed by atoms with E-state index in [9.17, 15) is 18.0 Å². The summed E-state index contributed by atoms with van der Waals surface area (Å²) < 4.78 is 28.8. The molecule has 3 rings (SSSR count). The second-order valence-electron chi connectivity index (χ2n) is 8.97. The Balaban J connectivity index is 2.06. The summed E-state index contributed by atoms with van der Waals surface area (Å²) in [5.41, 5.74) is 3.91. The molecule has 36 heavy (non-hydrogen) atoms. The zero-order chi connectivity index (χ0) is 26.5. The number of amides is 2. The molecule has 2 amide bonds. The van der Waals surface area contributed by atoms with Crippen molar-refractivity contribution >= 4 is 27.5 Å². The van der Waals surface area contributed by atoms with E-state index < -0.39 is 28.5 Å². The highest BCUT2D eigenvalue weighted by molar-refractivity contribution is 7.92. The maximum Gasteiger partial charge on any atom is 0.264 e. The highest BCUT2D eigenvalue weighted by Crippen LogP contribution is 2.27. The van der Waals surface area contributed by atoms with Crippen molar-refractivity contribution in [1.29, 1.82) is 0 Å². The van der Waals surface area contributed by atoms with Crippen molar-refractivity contribution in [1.82, 2.24) is 10.2 Å². The molecular weight excluding hydrogens is 474 g/mol. The number of anilines is 1. The Bertz CT molecular complexity index is 1300. The van der Waals surface area contributed by atoms with Crippen LogP contribution in [-0.4, -0.2) is 44.8 Å². The largest absolute Gasteiger partial charge is 0.357 e. The Morgan fingerprint density at radius 2 is 1.44 bits per heavy atom. The molecule has 8 heteroatoms. The molecule has 190 valence electrons. The Labute approximate surface area is 213 Å². The van der Waals surface area contributed by atoms with E-state index in [1.54, 1.807) is 43.3 Å². The van der Waals surface area contributed by atoms with E-state index >= 15 is 0 Å². The summed E-state index contributed by atoms with van der Waals surface area (Å²) in [5, 5.41) is 2.58. The average molecular weight is 508 g/mol. The first-order chi connectivity index (χ1) is 17.0. The van der Waals surface area contributed by atoms with Gasteiger partial charge >= 0.3 is 0 Å². The number of rotatable bonds is 9. The van der Waals surface area contributed by atoms with Crippen LogP contribution >= 0.6 is 0 Å². The number of nitrogens with one attached hydrogen (secondary N) is 1. The smallest absolute Gasteiger partial charge is 0.264 e. The maximum atomic E-state index is 13.8. The number of hydrogen-bond acceptors (Lipinski definition) is 4. The quantitative estimate of drug-likeness (QED) is 0.475. The van der Waals surface area contributed by atoms with Crippen molar-refractivity contribution in [2.45, 2.75) is 45.2 Å². The van der Waals surface area contributed by atoms with E-state index in [2.05, 4.69) is 5.32 Å². The molecule has 0 bridgehead atoms. The topological polar surface area (TPSA) is 86.8 Å². The van der Waals surface area contributed by atoms with E-state index in [4.69, 9.17) is 0 Å². The highest BCUT2D eigenvalue weighted by Gasteiger charge is 2.32. The number of nitrogens with zero attached hydrogens (tertiary/aromatic N) is 2. The van der Waals surface area contributed by atoms with Crippen LogP contribution in [0.4, 0.5) is 5.69 Å². The van der Waals surface area contributed by atoms with E-state index in [0.717, 1.165) is 26.6 Å². The number of aryl methyl sites for hydroxylation is 3. The van der Waals surface area contributed by atoms with E-state index in [1.165, 1.54) is 11.9 Å². The van der Waals surface area contributed by atoms with Gasteiger partial charge in [-0.05, 0) is 68.7 Å². The van der Waals surface area contributed by atoms with Crippen molar-refractivity contribution in [3.63, 3.8) is 0 Å². The highest BCUT2D eigenvalue weighted by atomic mass is 32.2. The molecule has 0 aromatic heterocycles. The van der Waals surface area contributed by atoms with Gasteiger partial charge in [-0.1, -0.05) is 54.1 Å². The fraction of sp³-hybridized carbons (Fsp3) is 0.286. The fourth-order valence-corrected chi connectivity index (χ4v) is 5.43. The molecule has 0 radical (unpaired) electrons. The zero-order valence-electron chi connectivity index (χ0n) is 21.4. The number of benzene rings is 3. The normalized spacial score (nSPS) is 12.0. The summed E-state index contributed by atoms with van der Waals surface area (Å²) in [6, 6.07) is 20.5. The van der Waals surface area contributed by atoms with Gasteiger partial charge < -0.3 is 10.2 Å². The Hall–Kier alpha value is -3.65. The van der Waals surface area contributed by atoms with Crippen molar-refractivity contribution in [3.8, 4) is 0 Å². The molecule has 0 aliphatic carbocycles. The summed E-state index contributed by atoms with van der Waals surface area (Å²) in [4.78, 5) is 27.7. The minimum Gasteiger partial charge on any atom is -0.357 e. The van der Waals surface area contributed by atoms with Crippen molar-refractivity contribution < 1.29 is 18.0 Å². The van der Waals surface area contributed by atoms with Crippen LogP contribution in [0.3, 0.4) is 0 Å². The third-order valence-electron chi connectivity index (χ3n) is 5.99. The predicted molar refractivity (Wildman–Crippen MR) is 142 cm³/mol. The molecule has 0 aliphatic rings.